The normalized spacial score (nSPS) is 20.0. The fourth-order valence-electron chi connectivity index (χ4n) is 1.79. The largest absolute Gasteiger partial charge is 0.322 e. The Balaban J connectivity index is 2.38. The minimum Gasteiger partial charge on any atom is -0.322 e. The van der Waals surface area contributed by atoms with Crippen LogP contribution in [0.15, 0.2) is 18.2 Å². The lowest BCUT2D eigenvalue weighted by Gasteiger charge is -2.11. The second kappa shape index (κ2) is 3.38. The fraction of sp³-hybridized carbons (Fsp3) is 0.273. The van der Waals surface area contributed by atoms with Gasteiger partial charge in [0.25, 0.3) is 5.91 Å². The zero-order chi connectivity index (χ0) is 11.0. The average Bonchev–Trinajstić information content (AvgIpc) is 2.45. The number of urea groups is 1. The molecule has 1 heterocycles. The summed E-state index contributed by atoms with van der Waals surface area (Å²) in [5.74, 6) is -0.285. The predicted molar refractivity (Wildman–Crippen MR) is 55.3 cm³/mol. The molecule has 1 aromatic rings. The Bertz CT molecular complexity index is 440. The summed E-state index contributed by atoms with van der Waals surface area (Å²) in [4.78, 5) is 22.4. The highest BCUT2D eigenvalue weighted by molar-refractivity contribution is 6.04. The molecular weight excluding hydrogens is 192 g/mol. The van der Waals surface area contributed by atoms with Gasteiger partial charge in [0.1, 0.15) is 6.04 Å². The van der Waals surface area contributed by atoms with Crippen LogP contribution in [0.5, 0.6) is 0 Å². The molecule has 0 radical (unpaired) electrons. The lowest BCUT2D eigenvalue weighted by molar-refractivity contribution is -0.120. The van der Waals surface area contributed by atoms with Crippen LogP contribution < -0.4 is 10.6 Å². The maximum Gasteiger partial charge on any atom is 0.322 e. The maximum absolute atomic E-state index is 11.4. The summed E-state index contributed by atoms with van der Waals surface area (Å²) in [5.41, 5.74) is 3.00. The Morgan fingerprint density at radius 3 is 2.47 bits per heavy atom. The van der Waals surface area contributed by atoms with E-state index in [1.165, 1.54) is 0 Å². The lowest BCUT2D eigenvalue weighted by Crippen LogP contribution is -2.22. The smallest absolute Gasteiger partial charge is 0.322 e. The van der Waals surface area contributed by atoms with Crippen molar-refractivity contribution in [3.05, 3.63) is 34.9 Å². The lowest BCUT2D eigenvalue weighted by atomic mass is 9.99. The van der Waals surface area contributed by atoms with Gasteiger partial charge in [-0.15, -0.1) is 0 Å². The third kappa shape index (κ3) is 1.70. The maximum atomic E-state index is 11.4. The van der Waals surface area contributed by atoms with E-state index in [4.69, 9.17) is 0 Å². The summed E-state index contributed by atoms with van der Waals surface area (Å²) >= 11 is 0. The predicted octanol–water partition coefficient (Wildman–Crippen LogP) is 1.18. The van der Waals surface area contributed by atoms with Gasteiger partial charge in [-0.1, -0.05) is 23.8 Å². The molecule has 0 spiro atoms. The molecule has 3 amide bonds. The summed E-state index contributed by atoms with van der Waals surface area (Å²) in [6.07, 6.45) is 0. The molecule has 1 atom stereocenters. The van der Waals surface area contributed by atoms with Gasteiger partial charge >= 0.3 is 6.03 Å². The highest BCUT2D eigenvalue weighted by Crippen LogP contribution is 2.21. The van der Waals surface area contributed by atoms with Gasteiger partial charge in [-0.25, -0.2) is 4.79 Å². The first kappa shape index (κ1) is 9.71. The molecular formula is C11H12N2O2. The van der Waals surface area contributed by atoms with Gasteiger partial charge in [0.2, 0.25) is 0 Å². The number of carbonyl (C=O) groups excluding carboxylic acids is 2. The Hall–Kier alpha value is -1.84. The first-order valence-electron chi connectivity index (χ1n) is 4.76. The Kier molecular flexibility index (Phi) is 2.19. The molecule has 78 valence electrons. The van der Waals surface area contributed by atoms with E-state index in [1.54, 1.807) is 0 Å². The summed E-state index contributed by atoms with van der Waals surface area (Å²) in [7, 11) is 0. The molecule has 1 aromatic carbocycles. The average molecular weight is 204 g/mol. The van der Waals surface area contributed by atoms with Gasteiger partial charge in [-0.05, 0) is 25.0 Å². The molecule has 1 fully saturated rings. The van der Waals surface area contributed by atoms with Gasteiger partial charge in [0.05, 0.1) is 0 Å². The molecule has 0 saturated carbocycles. The standard InChI is InChI=1S/C11H12N2O2/c1-6-3-4-8(7(2)5-6)9-10(14)13-11(15)12-9/h3-5,9H,1-2H3,(H2,12,13,14,15). The highest BCUT2D eigenvalue weighted by atomic mass is 16.2. The third-order valence-electron chi connectivity index (χ3n) is 2.51. The van der Waals surface area contributed by atoms with Crippen LogP contribution in [0.3, 0.4) is 0 Å². The van der Waals surface area contributed by atoms with Gasteiger partial charge < -0.3 is 5.32 Å². The van der Waals surface area contributed by atoms with Crippen LogP contribution >= 0.6 is 0 Å². The van der Waals surface area contributed by atoms with Gasteiger partial charge in [0.15, 0.2) is 0 Å². The molecule has 2 N–H and O–H groups in total. The SMILES string of the molecule is Cc1ccc(C2NC(=O)NC2=O)c(C)c1. The molecule has 0 aromatic heterocycles. The van der Waals surface area contributed by atoms with E-state index in [0.29, 0.717) is 0 Å². The number of amides is 3. The number of imide groups is 1. The summed E-state index contributed by atoms with van der Waals surface area (Å²) < 4.78 is 0. The van der Waals surface area contributed by atoms with Crippen molar-refractivity contribution in [2.45, 2.75) is 19.9 Å². The van der Waals surface area contributed by atoms with E-state index in [1.807, 2.05) is 32.0 Å². The van der Waals surface area contributed by atoms with Gasteiger partial charge in [0, 0.05) is 0 Å². The number of aryl methyl sites for hydroxylation is 2. The first-order chi connectivity index (χ1) is 7.08. The van der Waals surface area contributed by atoms with Crippen molar-refractivity contribution in [2.75, 3.05) is 0 Å². The van der Waals surface area contributed by atoms with Crippen molar-refractivity contribution in [3.63, 3.8) is 0 Å². The number of hydrogen-bond donors (Lipinski definition) is 2. The molecule has 4 heteroatoms. The van der Waals surface area contributed by atoms with E-state index < -0.39 is 12.1 Å². The van der Waals surface area contributed by atoms with Crippen LogP contribution in [-0.4, -0.2) is 11.9 Å². The van der Waals surface area contributed by atoms with E-state index in [0.717, 1.165) is 16.7 Å². The highest BCUT2D eigenvalue weighted by Gasteiger charge is 2.31. The first-order valence-corrected chi connectivity index (χ1v) is 4.76. The Morgan fingerprint density at radius 2 is 1.93 bits per heavy atom. The molecule has 1 aliphatic rings. The quantitative estimate of drug-likeness (QED) is 0.675. The van der Waals surface area contributed by atoms with E-state index in [9.17, 15) is 9.59 Å². The topological polar surface area (TPSA) is 58.2 Å². The van der Waals surface area contributed by atoms with E-state index in [-0.39, 0.29) is 5.91 Å². The second-order valence-corrected chi connectivity index (χ2v) is 3.76. The number of rotatable bonds is 1. The minimum atomic E-state index is -0.543. The summed E-state index contributed by atoms with van der Waals surface area (Å²) in [6.45, 7) is 3.92. The van der Waals surface area contributed by atoms with Crippen molar-refractivity contribution >= 4 is 11.9 Å². The minimum absolute atomic E-state index is 0.285. The Morgan fingerprint density at radius 1 is 1.20 bits per heavy atom. The van der Waals surface area contributed by atoms with Crippen molar-refractivity contribution in [2.24, 2.45) is 0 Å². The number of benzene rings is 1. The van der Waals surface area contributed by atoms with Crippen molar-refractivity contribution in [1.82, 2.24) is 10.6 Å². The van der Waals surface area contributed by atoms with Crippen LogP contribution in [0.1, 0.15) is 22.7 Å². The molecule has 4 nitrogen and oxygen atoms in total. The van der Waals surface area contributed by atoms with Crippen LogP contribution in [-0.2, 0) is 4.79 Å². The van der Waals surface area contributed by atoms with Gasteiger partial charge in [-0.2, -0.15) is 0 Å². The van der Waals surface area contributed by atoms with Crippen LogP contribution in [0.25, 0.3) is 0 Å². The molecule has 1 aliphatic heterocycles. The number of nitrogens with one attached hydrogen (secondary N) is 2. The van der Waals surface area contributed by atoms with Crippen LogP contribution in [0, 0.1) is 13.8 Å². The number of carbonyl (C=O) groups is 2. The zero-order valence-corrected chi connectivity index (χ0v) is 8.63. The van der Waals surface area contributed by atoms with Gasteiger partial charge in [-0.3, -0.25) is 10.1 Å². The molecule has 1 unspecified atom stereocenters. The van der Waals surface area contributed by atoms with Crippen molar-refractivity contribution in [1.29, 1.82) is 0 Å². The number of hydrogen-bond acceptors (Lipinski definition) is 2. The molecule has 0 aliphatic carbocycles. The molecule has 15 heavy (non-hydrogen) atoms. The van der Waals surface area contributed by atoms with E-state index in [2.05, 4.69) is 10.6 Å². The Labute approximate surface area is 87.7 Å². The molecule has 1 saturated heterocycles. The van der Waals surface area contributed by atoms with E-state index >= 15 is 0 Å². The zero-order valence-electron chi connectivity index (χ0n) is 8.63. The van der Waals surface area contributed by atoms with Crippen molar-refractivity contribution in [3.8, 4) is 0 Å². The fourth-order valence-corrected chi connectivity index (χ4v) is 1.79. The van der Waals surface area contributed by atoms with Crippen LogP contribution in [0.4, 0.5) is 4.79 Å². The summed E-state index contributed by atoms with van der Waals surface area (Å²) in [5, 5.41) is 4.80. The summed E-state index contributed by atoms with van der Waals surface area (Å²) in [6, 6.07) is 4.83. The molecule has 2 rings (SSSR count). The van der Waals surface area contributed by atoms with Crippen molar-refractivity contribution < 1.29 is 9.59 Å². The second-order valence-electron chi connectivity index (χ2n) is 3.76. The third-order valence-corrected chi connectivity index (χ3v) is 2.51. The molecule has 0 bridgehead atoms. The van der Waals surface area contributed by atoms with Crippen LogP contribution in [0.2, 0.25) is 0 Å². The monoisotopic (exact) mass is 204 g/mol.